The van der Waals surface area contributed by atoms with Crippen molar-refractivity contribution in [3.63, 3.8) is 0 Å². The zero-order valence-corrected chi connectivity index (χ0v) is 15.7. The van der Waals surface area contributed by atoms with Crippen LogP contribution in [-0.4, -0.2) is 39.8 Å². The monoisotopic (exact) mass is 400 g/mol. The van der Waals surface area contributed by atoms with Crippen LogP contribution < -0.4 is 16.2 Å². The zero-order chi connectivity index (χ0) is 20.0. The summed E-state index contributed by atoms with van der Waals surface area (Å²) in [5, 5.41) is 10.9. The number of hydrogen-bond acceptors (Lipinski definition) is 5. The fourth-order valence-electron chi connectivity index (χ4n) is 4.96. The lowest BCUT2D eigenvalue weighted by atomic mass is 9.71. The molecule has 1 aliphatic carbocycles. The second-order valence-corrected chi connectivity index (χ2v) is 8.12. The van der Waals surface area contributed by atoms with Crippen molar-refractivity contribution in [3.05, 3.63) is 59.4 Å². The van der Waals surface area contributed by atoms with Crippen LogP contribution in [0.4, 0.5) is 13.6 Å². The zero-order valence-electron chi connectivity index (χ0n) is 15.7. The SMILES string of the molecule is O=C1NC2CC3NNC(c4ccnnc4)C3CC2CN1Cc1ccc(F)cc1F. The third-order valence-electron chi connectivity index (χ3n) is 6.41. The van der Waals surface area contributed by atoms with Gasteiger partial charge in [-0.3, -0.25) is 5.43 Å². The predicted octanol–water partition coefficient (Wildman–Crippen LogP) is 1.89. The van der Waals surface area contributed by atoms with Crippen LogP contribution in [0.25, 0.3) is 0 Å². The Morgan fingerprint density at radius 2 is 2.00 bits per heavy atom. The minimum Gasteiger partial charge on any atom is -0.335 e. The Labute approximate surface area is 166 Å². The first-order valence-corrected chi connectivity index (χ1v) is 9.85. The molecule has 3 N–H and O–H groups in total. The van der Waals surface area contributed by atoms with Crippen LogP contribution in [-0.2, 0) is 6.54 Å². The molecule has 2 amide bonds. The van der Waals surface area contributed by atoms with Crippen LogP contribution in [0.2, 0.25) is 0 Å². The fraction of sp³-hybridized carbons (Fsp3) is 0.450. The standard InChI is InChI=1S/C20H22F2N6O/c21-14-2-1-12(16(22)6-14)9-28-10-13-5-15-18(7-17(13)25-20(28)29)26-27-19(15)11-3-4-23-24-8-11/h1-4,6,8,13,15,17-19,26-27H,5,7,9-10H2,(H,25,29). The van der Waals surface area contributed by atoms with Crippen LogP contribution >= 0.6 is 0 Å². The summed E-state index contributed by atoms with van der Waals surface area (Å²) in [4.78, 5) is 14.2. The molecule has 1 saturated carbocycles. The molecule has 7 nitrogen and oxygen atoms in total. The average molecular weight is 400 g/mol. The third-order valence-corrected chi connectivity index (χ3v) is 6.41. The Kier molecular flexibility index (Phi) is 4.63. The van der Waals surface area contributed by atoms with E-state index in [4.69, 9.17) is 0 Å². The van der Waals surface area contributed by atoms with Crippen molar-refractivity contribution in [1.82, 2.24) is 31.3 Å². The molecule has 3 heterocycles. The van der Waals surface area contributed by atoms with Gasteiger partial charge in [0.1, 0.15) is 11.6 Å². The second kappa shape index (κ2) is 7.31. The van der Waals surface area contributed by atoms with Crippen molar-refractivity contribution in [2.45, 2.75) is 37.5 Å². The van der Waals surface area contributed by atoms with E-state index >= 15 is 0 Å². The molecule has 0 bridgehead atoms. The largest absolute Gasteiger partial charge is 0.335 e. The van der Waals surface area contributed by atoms with E-state index in [0.717, 1.165) is 24.5 Å². The molecule has 3 aliphatic rings. The normalized spacial score (nSPS) is 31.2. The Balaban J connectivity index is 1.31. The van der Waals surface area contributed by atoms with Crippen LogP contribution in [0.5, 0.6) is 0 Å². The summed E-state index contributed by atoms with van der Waals surface area (Å²) in [5.74, 6) is -0.625. The van der Waals surface area contributed by atoms with E-state index in [9.17, 15) is 13.6 Å². The van der Waals surface area contributed by atoms with Crippen molar-refractivity contribution in [2.75, 3.05) is 6.54 Å². The molecular formula is C20H22F2N6O. The lowest BCUT2D eigenvalue weighted by Gasteiger charge is -2.45. The van der Waals surface area contributed by atoms with Gasteiger partial charge in [0, 0.05) is 36.5 Å². The van der Waals surface area contributed by atoms with E-state index < -0.39 is 11.6 Å². The highest BCUT2D eigenvalue weighted by Crippen LogP contribution is 2.41. The topological polar surface area (TPSA) is 82.2 Å². The Morgan fingerprint density at radius 1 is 1.10 bits per heavy atom. The number of amides is 2. The van der Waals surface area contributed by atoms with Gasteiger partial charge < -0.3 is 10.2 Å². The molecule has 5 rings (SSSR count). The first kappa shape index (κ1) is 18.4. The molecule has 1 aromatic heterocycles. The van der Waals surface area contributed by atoms with Gasteiger partial charge in [-0.1, -0.05) is 6.07 Å². The number of nitrogens with one attached hydrogen (secondary N) is 3. The number of benzene rings is 1. The molecule has 2 aliphatic heterocycles. The van der Waals surface area contributed by atoms with Gasteiger partial charge in [0.25, 0.3) is 0 Å². The highest BCUT2D eigenvalue weighted by Gasteiger charge is 2.47. The van der Waals surface area contributed by atoms with Crippen molar-refractivity contribution >= 4 is 6.03 Å². The fourth-order valence-corrected chi connectivity index (χ4v) is 4.96. The Morgan fingerprint density at radius 3 is 2.79 bits per heavy atom. The molecule has 5 atom stereocenters. The third kappa shape index (κ3) is 3.44. The lowest BCUT2D eigenvalue weighted by Crippen LogP contribution is -2.60. The van der Waals surface area contributed by atoms with Gasteiger partial charge in [0.05, 0.1) is 18.8 Å². The molecular weight excluding hydrogens is 378 g/mol. The number of carbonyl (C=O) groups is 1. The number of hydrazine groups is 1. The first-order chi connectivity index (χ1) is 14.1. The van der Waals surface area contributed by atoms with Crippen LogP contribution in [0.3, 0.4) is 0 Å². The maximum atomic E-state index is 14.1. The maximum absolute atomic E-state index is 14.1. The number of aromatic nitrogens is 2. The van der Waals surface area contributed by atoms with Gasteiger partial charge in [-0.25, -0.2) is 19.0 Å². The second-order valence-electron chi connectivity index (χ2n) is 8.12. The van der Waals surface area contributed by atoms with Gasteiger partial charge in [-0.05, 0) is 42.4 Å². The summed E-state index contributed by atoms with van der Waals surface area (Å²) in [6.07, 6.45) is 5.22. The van der Waals surface area contributed by atoms with Gasteiger partial charge >= 0.3 is 6.03 Å². The molecule has 1 aromatic carbocycles. The molecule has 29 heavy (non-hydrogen) atoms. The van der Waals surface area contributed by atoms with Crippen molar-refractivity contribution < 1.29 is 13.6 Å². The van der Waals surface area contributed by atoms with Gasteiger partial charge in [0.2, 0.25) is 0 Å². The number of nitrogens with zero attached hydrogens (tertiary/aromatic N) is 3. The molecule has 2 aromatic rings. The van der Waals surface area contributed by atoms with Gasteiger partial charge in [0.15, 0.2) is 0 Å². The minimum absolute atomic E-state index is 0.0849. The predicted molar refractivity (Wildman–Crippen MR) is 100 cm³/mol. The van der Waals surface area contributed by atoms with E-state index in [2.05, 4.69) is 26.4 Å². The molecule has 0 radical (unpaired) electrons. The van der Waals surface area contributed by atoms with Crippen LogP contribution in [0, 0.1) is 23.5 Å². The van der Waals surface area contributed by atoms with Gasteiger partial charge in [-0.15, -0.1) is 0 Å². The van der Waals surface area contributed by atoms with Crippen LogP contribution in [0.1, 0.15) is 30.0 Å². The highest BCUT2D eigenvalue weighted by atomic mass is 19.1. The quantitative estimate of drug-likeness (QED) is 0.733. The summed E-state index contributed by atoms with van der Waals surface area (Å²) in [5.41, 5.74) is 8.15. The molecule has 2 saturated heterocycles. The summed E-state index contributed by atoms with van der Waals surface area (Å²) in [6.45, 7) is 0.682. The number of urea groups is 1. The summed E-state index contributed by atoms with van der Waals surface area (Å²) in [7, 11) is 0. The summed E-state index contributed by atoms with van der Waals surface area (Å²) in [6, 6.07) is 5.72. The smallest absolute Gasteiger partial charge is 0.317 e. The van der Waals surface area contributed by atoms with E-state index in [-0.39, 0.29) is 36.6 Å². The lowest BCUT2D eigenvalue weighted by molar-refractivity contribution is 0.0957. The highest BCUT2D eigenvalue weighted by molar-refractivity contribution is 5.75. The van der Waals surface area contributed by atoms with E-state index in [1.807, 2.05) is 6.07 Å². The Hall–Kier alpha value is -2.65. The number of halogens is 2. The number of rotatable bonds is 3. The van der Waals surface area contributed by atoms with E-state index in [1.54, 1.807) is 17.3 Å². The molecule has 5 unspecified atom stereocenters. The average Bonchev–Trinajstić information content (AvgIpc) is 3.12. The minimum atomic E-state index is -0.627. The van der Waals surface area contributed by atoms with E-state index in [1.165, 1.54) is 12.1 Å². The number of hydrogen-bond donors (Lipinski definition) is 3. The molecule has 152 valence electrons. The van der Waals surface area contributed by atoms with Crippen LogP contribution in [0.15, 0.2) is 36.7 Å². The maximum Gasteiger partial charge on any atom is 0.317 e. The molecule has 0 spiro atoms. The summed E-state index contributed by atoms with van der Waals surface area (Å²) >= 11 is 0. The van der Waals surface area contributed by atoms with Crippen molar-refractivity contribution in [1.29, 1.82) is 0 Å². The number of fused-ring (bicyclic) bond motifs is 2. The Bertz CT molecular complexity index is 913. The summed E-state index contributed by atoms with van der Waals surface area (Å²) < 4.78 is 27.2. The van der Waals surface area contributed by atoms with Crippen molar-refractivity contribution in [2.24, 2.45) is 11.8 Å². The van der Waals surface area contributed by atoms with Crippen molar-refractivity contribution in [3.8, 4) is 0 Å². The first-order valence-electron chi connectivity index (χ1n) is 9.85. The van der Waals surface area contributed by atoms with Gasteiger partial charge in [-0.2, -0.15) is 10.2 Å². The molecule has 9 heteroatoms. The number of carbonyl (C=O) groups excluding carboxylic acids is 1. The van der Waals surface area contributed by atoms with E-state index in [0.29, 0.717) is 18.0 Å². The molecule has 3 fully saturated rings.